The van der Waals surface area contributed by atoms with E-state index in [-0.39, 0.29) is 5.96 Å². The van der Waals surface area contributed by atoms with Crippen molar-refractivity contribution < 1.29 is 4.74 Å². The van der Waals surface area contributed by atoms with Crippen molar-refractivity contribution >= 4 is 23.3 Å². The average molecular weight is 425 g/mol. The van der Waals surface area contributed by atoms with Crippen LogP contribution in [-0.4, -0.2) is 25.6 Å². The lowest BCUT2D eigenvalue weighted by Gasteiger charge is -2.27. The maximum absolute atomic E-state index is 7.52. The quantitative estimate of drug-likeness (QED) is 0.179. The van der Waals surface area contributed by atoms with Gasteiger partial charge in [-0.3, -0.25) is 10.3 Å². The molecule has 0 saturated heterocycles. The van der Waals surface area contributed by atoms with E-state index in [0.717, 1.165) is 30.1 Å². The maximum atomic E-state index is 7.52. The van der Waals surface area contributed by atoms with Crippen molar-refractivity contribution in [2.45, 2.75) is 52.4 Å². The maximum Gasteiger partial charge on any atom is 0.225 e. The molecule has 2 aromatic rings. The number of hydrazone groups is 1. The van der Waals surface area contributed by atoms with Crippen LogP contribution in [0.5, 0.6) is 5.75 Å². The number of anilines is 2. The molecule has 0 aliphatic carbocycles. The summed E-state index contributed by atoms with van der Waals surface area (Å²) in [5.74, 6) is 1.16. The lowest BCUT2D eigenvalue weighted by Crippen LogP contribution is -2.42. The van der Waals surface area contributed by atoms with Crippen LogP contribution in [0.4, 0.5) is 11.4 Å². The highest BCUT2D eigenvalue weighted by Gasteiger charge is 2.17. The van der Waals surface area contributed by atoms with Gasteiger partial charge in [0.05, 0.1) is 7.11 Å². The van der Waals surface area contributed by atoms with E-state index in [9.17, 15) is 0 Å². The number of ether oxygens (including phenoxy) is 1. The zero-order valence-corrected chi connectivity index (χ0v) is 18.9. The monoisotopic (exact) mass is 424 g/mol. The van der Waals surface area contributed by atoms with Crippen LogP contribution in [-0.2, 0) is 0 Å². The molecule has 0 aliphatic heterocycles. The van der Waals surface area contributed by atoms with Crippen molar-refractivity contribution in [3.05, 3.63) is 54.1 Å². The summed E-state index contributed by atoms with van der Waals surface area (Å²) >= 11 is 0. The van der Waals surface area contributed by atoms with Gasteiger partial charge in [-0.1, -0.05) is 56.7 Å². The molecule has 0 aromatic heterocycles. The number of rotatable bonds is 11. The van der Waals surface area contributed by atoms with E-state index < -0.39 is 0 Å². The predicted molar refractivity (Wildman–Crippen MR) is 130 cm³/mol. The summed E-state index contributed by atoms with van der Waals surface area (Å²) in [6.07, 6.45) is 7.29. The molecule has 168 valence electrons. The molecule has 0 bridgehead atoms. The molecule has 2 rings (SSSR count). The number of nitrogens with zero attached hydrogens (tertiary/aromatic N) is 2. The van der Waals surface area contributed by atoms with Crippen LogP contribution in [0.2, 0.25) is 0 Å². The second-order valence-corrected chi connectivity index (χ2v) is 7.52. The second-order valence-electron chi connectivity index (χ2n) is 7.52. The number of aryl methyl sites for hydroxylation is 1. The summed E-state index contributed by atoms with van der Waals surface area (Å²) < 4.78 is 5.31. The van der Waals surface area contributed by atoms with Crippen LogP contribution in [0, 0.1) is 12.3 Å². The standard InChI is InChI=1S/C24H36N6O/c1-4-5-6-7-8-9-18-27-24(29-28-23(25)26)30(20-12-10-19(2)11-13-20)21-14-16-22(31-3)17-15-21/h10-17H,4-9,18H2,1-3H3,(H,27,29)(H4,25,26,28). The molecule has 31 heavy (non-hydrogen) atoms. The number of benzene rings is 2. The molecule has 0 fully saturated rings. The van der Waals surface area contributed by atoms with Gasteiger partial charge in [-0.05, 0) is 49.7 Å². The van der Waals surface area contributed by atoms with Crippen LogP contribution in [0.15, 0.2) is 53.6 Å². The van der Waals surface area contributed by atoms with Crippen LogP contribution in [0.3, 0.4) is 0 Å². The number of hydrogen-bond donors (Lipinski definition) is 4. The number of guanidine groups is 2. The number of hydrogen-bond acceptors (Lipinski definition) is 3. The Labute approximate surface area is 186 Å². The molecule has 0 saturated carbocycles. The van der Waals surface area contributed by atoms with Gasteiger partial charge in [0.25, 0.3) is 0 Å². The van der Waals surface area contributed by atoms with Gasteiger partial charge in [0.1, 0.15) is 5.75 Å². The topological polar surface area (TPSA) is 98.8 Å². The van der Waals surface area contributed by atoms with Crippen molar-refractivity contribution in [3.63, 3.8) is 0 Å². The molecule has 0 amide bonds. The lowest BCUT2D eigenvalue weighted by molar-refractivity contribution is 0.415. The summed E-state index contributed by atoms with van der Waals surface area (Å²) in [7, 11) is 1.65. The van der Waals surface area contributed by atoms with Crippen LogP contribution in [0.1, 0.15) is 51.0 Å². The smallest absolute Gasteiger partial charge is 0.225 e. The molecular weight excluding hydrogens is 388 g/mol. The molecule has 7 nitrogen and oxygen atoms in total. The van der Waals surface area contributed by atoms with Crippen molar-refractivity contribution in [3.8, 4) is 5.75 Å². The Morgan fingerprint density at radius 2 is 1.55 bits per heavy atom. The first-order valence-corrected chi connectivity index (χ1v) is 11.0. The van der Waals surface area contributed by atoms with E-state index in [1.54, 1.807) is 7.11 Å². The minimum Gasteiger partial charge on any atom is -0.497 e. The molecule has 0 radical (unpaired) electrons. The summed E-state index contributed by atoms with van der Waals surface area (Å²) in [5, 5.41) is 15.3. The van der Waals surface area contributed by atoms with Crippen molar-refractivity contribution in [1.82, 2.24) is 10.7 Å². The normalized spacial score (nSPS) is 11.1. The zero-order chi connectivity index (χ0) is 22.5. The number of nitrogens with two attached hydrogens (primary N) is 1. The van der Waals surface area contributed by atoms with Gasteiger partial charge in [-0.15, -0.1) is 5.10 Å². The van der Waals surface area contributed by atoms with E-state index in [1.807, 2.05) is 29.2 Å². The number of unbranched alkanes of at least 4 members (excludes halogenated alkanes) is 5. The van der Waals surface area contributed by atoms with Gasteiger partial charge in [-0.2, -0.15) is 0 Å². The Kier molecular flexibility index (Phi) is 10.2. The third-order valence-corrected chi connectivity index (χ3v) is 4.93. The molecule has 0 atom stereocenters. The summed E-state index contributed by atoms with van der Waals surface area (Å²) in [5.41, 5.74) is 11.1. The Morgan fingerprint density at radius 1 is 0.968 bits per heavy atom. The van der Waals surface area contributed by atoms with Gasteiger partial charge >= 0.3 is 0 Å². The third-order valence-electron chi connectivity index (χ3n) is 4.93. The Bertz CT molecular complexity index is 817. The molecule has 0 heterocycles. The Balaban J connectivity index is 2.25. The Hall–Kier alpha value is -3.22. The fraction of sp³-hybridized carbons (Fsp3) is 0.417. The highest BCUT2D eigenvalue weighted by molar-refractivity contribution is 6.03. The van der Waals surface area contributed by atoms with E-state index in [4.69, 9.17) is 15.9 Å². The van der Waals surface area contributed by atoms with E-state index in [2.05, 4.69) is 54.0 Å². The molecule has 2 aromatic carbocycles. The molecule has 5 N–H and O–H groups in total. The molecule has 7 heteroatoms. The zero-order valence-electron chi connectivity index (χ0n) is 18.9. The first-order valence-electron chi connectivity index (χ1n) is 11.0. The predicted octanol–water partition coefficient (Wildman–Crippen LogP) is 4.85. The molecule has 0 unspecified atom stereocenters. The third kappa shape index (κ3) is 8.20. The van der Waals surface area contributed by atoms with Crippen LogP contribution in [0.25, 0.3) is 0 Å². The number of methoxy groups -OCH3 is 1. The minimum absolute atomic E-state index is 0.211. The average Bonchev–Trinajstić information content (AvgIpc) is 2.78. The van der Waals surface area contributed by atoms with Gasteiger partial charge in [0.15, 0.2) is 0 Å². The fourth-order valence-corrected chi connectivity index (χ4v) is 3.21. The van der Waals surface area contributed by atoms with Gasteiger partial charge in [0.2, 0.25) is 11.9 Å². The fourth-order valence-electron chi connectivity index (χ4n) is 3.21. The van der Waals surface area contributed by atoms with Crippen LogP contribution < -0.4 is 26.1 Å². The van der Waals surface area contributed by atoms with Crippen molar-refractivity contribution in [2.75, 3.05) is 18.6 Å². The van der Waals surface area contributed by atoms with Crippen molar-refractivity contribution in [1.29, 1.82) is 5.41 Å². The SMILES string of the molecule is CCCCCCCCNC(=NNC(=N)N)N(c1ccc(C)cc1)c1ccc(OC)cc1. The van der Waals surface area contributed by atoms with Gasteiger partial charge in [-0.25, -0.2) is 5.43 Å². The van der Waals surface area contributed by atoms with Gasteiger partial charge in [0, 0.05) is 17.9 Å². The van der Waals surface area contributed by atoms with Gasteiger partial charge < -0.3 is 15.8 Å². The summed E-state index contributed by atoms with van der Waals surface area (Å²) in [6.45, 7) is 5.07. The number of nitrogens with one attached hydrogen (secondary N) is 3. The van der Waals surface area contributed by atoms with Crippen molar-refractivity contribution in [2.24, 2.45) is 10.8 Å². The largest absolute Gasteiger partial charge is 0.497 e. The molecular formula is C24H36N6O. The van der Waals surface area contributed by atoms with Crippen LogP contribution >= 0.6 is 0 Å². The van der Waals surface area contributed by atoms with E-state index >= 15 is 0 Å². The second kappa shape index (κ2) is 13.2. The van der Waals surface area contributed by atoms with E-state index in [0.29, 0.717) is 5.96 Å². The van der Waals surface area contributed by atoms with E-state index in [1.165, 1.54) is 37.7 Å². The molecule has 0 aliphatic rings. The summed E-state index contributed by atoms with van der Waals surface area (Å²) in [6, 6.07) is 16.0. The minimum atomic E-state index is -0.211. The lowest BCUT2D eigenvalue weighted by atomic mass is 10.1. The summed E-state index contributed by atoms with van der Waals surface area (Å²) in [4.78, 5) is 2.01. The Morgan fingerprint density at radius 3 is 2.13 bits per heavy atom. The first kappa shape index (κ1) is 24.1. The highest BCUT2D eigenvalue weighted by Crippen LogP contribution is 2.27. The first-order chi connectivity index (χ1) is 15.0. The highest BCUT2D eigenvalue weighted by atomic mass is 16.5. The molecule has 0 spiro atoms.